The molecule has 2 heterocycles. The number of aromatic amines is 1. The lowest BCUT2D eigenvalue weighted by Gasteiger charge is -1.96. The van der Waals surface area contributed by atoms with E-state index in [1.807, 2.05) is 6.07 Å². The van der Waals surface area contributed by atoms with Crippen LogP contribution >= 0.6 is 0 Å². The van der Waals surface area contributed by atoms with E-state index in [2.05, 4.69) is 10.1 Å². The Morgan fingerprint density at radius 2 is 2.31 bits per heavy atom. The molecule has 4 heteroatoms. The second-order valence-corrected chi connectivity index (χ2v) is 3.48. The lowest BCUT2D eigenvalue weighted by atomic mass is 10.2. The minimum absolute atomic E-state index is 0.0168. The second kappa shape index (κ2) is 2.22. The summed E-state index contributed by atoms with van der Waals surface area (Å²) in [5.41, 5.74) is 1.84. The number of rotatable bonds is 1. The fraction of sp³-hybridized carbons (Fsp3) is 0.333. The Morgan fingerprint density at radius 1 is 1.46 bits per heavy atom. The minimum Gasteiger partial charge on any atom is -0.279 e. The van der Waals surface area contributed by atoms with E-state index in [4.69, 9.17) is 0 Å². The van der Waals surface area contributed by atoms with Gasteiger partial charge in [-0.3, -0.25) is 9.89 Å². The molecule has 2 aromatic heterocycles. The zero-order chi connectivity index (χ0) is 8.84. The number of nitrogens with zero attached hydrogens (tertiary/aromatic N) is 2. The van der Waals surface area contributed by atoms with Crippen LogP contribution < -0.4 is 5.56 Å². The average Bonchev–Trinajstić information content (AvgIpc) is 2.85. The zero-order valence-electron chi connectivity index (χ0n) is 7.03. The largest absolute Gasteiger partial charge is 0.279 e. The van der Waals surface area contributed by atoms with E-state index in [-0.39, 0.29) is 5.56 Å². The van der Waals surface area contributed by atoms with E-state index in [9.17, 15) is 4.79 Å². The van der Waals surface area contributed by atoms with E-state index in [1.165, 1.54) is 23.7 Å². The van der Waals surface area contributed by atoms with Crippen LogP contribution in [0.15, 0.2) is 23.3 Å². The van der Waals surface area contributed by atoms with Crippen molar-refractivity contribution in [2.75, 3.05) is 0 Å². The van der Waals surface area contributed by atoms with Gasteiger partial charge in [-0.05, 0) is 30.4 Å². The van der Waals surface area contributed by atoms with Crippen molar-refractivity contribution < 1.29 is 0 Å². The van der Waals surface area contributed by atoms with Gasteiger partial charge in [-0.25, -0.2) is 9.50 Å². The standard InChI is InChI=1S/C9H9N3O/c13-9-4-7(6-1-2-6)3-8-10-5-11-12(8)9/h3-6H,1-2H2,(H,10,11). The van der Waals surface area contributed by atoms with Crippen LogP contribution in [0.3, 0.4) is 0 Å². The molecule has 0 aliphatic heterocycles. The maximum Gasteiger partial charge on any atom is 0.271 e. The molecule has 0 spiro atoms. The summed E-state index contributed by atoms with van der Waals surface area (Å²) in [7, 11) is 0. The molecule has 4 nitrogen and oxygen atoms in total. The fourth-order valence-electron chi connectivity index (χ4n) is 1.61. The third-order valence-corrected chi connectivity index (χ3v) is 2.47. The highest BCUT2D eigenvalue weighted by atomic mass is 16.1. The average molecular weight is 175 g/mol. The number of pyridine rings is 1. The van der Waals surface area contributed by atoms with Crippen molar-refractivity contribution in [3.63, 3.8) is 0 Å². The Balaban J connectivity index is 2.33. The van der Waals surface area contributed by atoms with Crippen LogP contribution in [0.2, 0.25) is 0 Å². The SMILES string of the molecule is O=c1cc(C2CC2)cc2nc[nH]n12. The van der Waals surface area contributed by atoms with Crippen molar-refractivity contribution >= 4 is 5.65 Å². The molecular weight excluding hydrogens is 166 g/mol. The first-order valence-corrected chi connectivity index (χ1v) is 4.41. The van der Waals surface area contributed by atoms with Crippen molar-refractivity contribution in [3.05, 3.63) is 34.4 Å². The Bertz CT molecular complexity index is 507. The first-order chi connectivity index (χ1) is 6.34. The molecule has 66 valence electrons. The number of fused-ring (bicyclic) bond motifs is 1. The summed E-state index contributed by atoms with van der Waals surface area (Å²) >= 11 is 0. The van der Waals surface area contributed by atoms with Gasteiger partial charge in [0.2, 0.25) is 0 Å². The van der Waals surface area contributed by atoms with Gasteiger partial charge in [0.1, 0.15) is 6.33 Å². The molecule has 0 saturated heterocycles. The molecule has 0 unspecified atom stereocenters. The molecule has 13 heavy (non-hydrogen) atoms. The number of aromatic nitrogens is 3. The maximum atomic E-state index is 11.5. The van der Waals surface area contributed by atoms with Crippen LogP contribution in [0.4, 0.5) is 0 Å². The molecule has 2 aromatic rings. The first kappa shape index (κ1) is 6.88. The van der Waals surface area contributed by atoms with Crippen LogP contribution in [0, 0.1) is 0 Å². The molecule has 0 radical (unpaired) electrons. The van der Waals surface area contributed by atoms with E-state index in [1.54, 1.807) is 6.07 Å². The summed E-state index contributed by atoms with van der Waals surface area (Å²) in [5.74, 6) is 0.606. The van der Waals surface area contributed by atoms with Gasteiger partial charge < -0.3 is 0 Å². The predicted molar refractivity (Wildman–Crippen MR) is 47.8 cm³/mol. The summed E-state index contributed by atoms with van der Waals surface area (Å²) in [6, 6.07) is 3.68. The quantitative estimate of drug-likeness (QED) is 0.700. The molecular formula is C9H9N3O. The van der Waals surface area contributed by atoms with Gasteiger partial charge in [0.15, 0.2) is 5.65 Å². The Kier molecular flexibility index (Phi) is 1.17. The normalized spacial score (nSPS) is 16.6. The maximum absolute atomic E-state index is 11.5. The van der Waals surface area contributed by atoms with Crippen LogP contribution in [0.25, 0.3) is 5.65 Å². The molecule has 0 aromatic carbocycles. The molecule has 1 aliphatic carbocycles. The number of hydrogen-bond acceptors (Lipinski definition) is 2. The van der Waals surface area contributed by atoms with E-state index in [0.29, 0.717) is 5.92 Å². The topological polar surface area (TPSA) is 50.2 Å². The Morgan fingerprint density at radius 3 is 3.08 bits per heavy atom. The van der Waals surface area contributed by atoms with Gasteiger partial charge in [-0.2, -0.15) is 0 Å². The van der Waals surface area contributed by atoms with Crippen molar-refractivity contribution in [2.45, 2.75) is 18.8 Å². The fourth-order valence-corrected chi connectivity index (χ4v) is 1.61. The summed E-state index contributed by atoms with van der Waals surface area (Å²) < 4.78 is 1.45. The van der Waals surface area contributed by atoms with Gasteiger partial charge in [-0.15, -0.1) is 0 Å². The predicted octanol–water partition coefficient (Wildman–Crippen LogP) is 0.900. The van der Waals surface area contributed by atoms with Gasteiger partial charge in [-0.1, -0.05) is 0 Å². The highest BCUT2D eigenvalue weighted by Crippen LogP contribution is 2.39. The second-order valence-electron chi connectivity index (χ2n) is 3.48. The van der Waals surface area contributed by atoms with Crippen molar-refractivity contribution in [1.82, 2.24) is 14.6 Å². The van der Waals surface area contributed by atoms with Crippen molar-refractivity contribution in [2.24, 2.45) is 0 Å². The van der Waals surface area contributed by atoms with Crippen LogP contribution in [-0.2, 0) is 0 Å². The Labute approximate surface area is 74.2 Å². The smallest absolute Gasteiger partial charge is 0.271 e. The van der Waals surface area contributed by atoms with Crippen LogP contribution in [0.1, 0.15) is 24.3 Å². The molecule has 1 saturated carbocycles. The van der Waals surface area contributed by atoms with Crippen molar-refractivity contribution in [3.8, 4) is 0 Å². The van der Waals surface area contributed by atoms with E-state index >= 15 is 0 Å². The summed E-state index contributed by atoms with van der Waals surface area (Å²) in [6.07, 6.45) is 3.95. The first-order valence-electron chi connectivity index (χ1n) is 4.41. The van der Waals surface area contributed by atoms with E-state index < -0.39 is 0 Å². The molecule has 1 aliphatic rings. The molecule has 1 N–H and O–H groups in total. The molecule has 0 bridgehead atoms. The highest BCUT2D eigenvalue weighted by molar-refractivity contribution is 5.41. The molecule has 0 amide bonds. The van der Waals surface area contributed by atoms with Crippen molar-refractivity contribution in [1.29, 1.82) is 0 Å². The molecule has 1 fully saturated rings. The molecule has 3 rings (SSSR count). The molecule has 0 atom stereocenters. The number of nitrogens with one attached hydrogen (secondary N) is 1. The van der Waals surface area contributed by atoms with Gasteiger partial charge in [0.05, 0.1) is 0 Å². The number of hydrogen-bond donors (Lipinski definition) is 1. The van der Waals surface area contributed by atoms with Crippen LogP contribution in [-0.4, -0.2) is 14.6 Å². The van der Waals surface area contributed by atoms with Gasteiger partial charge in [0, 0.05) is 6.07 Å². The van der Waals surface area contributed by atoms with Gasteiger partial charge in [0.25, 0.3) is 5.56 Å². The zero-order valence-corrected chi connectivity index (χ0v) is 7.03. The Hall–Kier alpha value is -1.58. The summed E-state index contributed by atoms with van der Waals surface area (Å²) in [4.78, 5) is 15.5. The highest BCUT2D eigenvalue weighted by Gasteiger charge is 2.24. The third kappa shape index (κ3) is 0.983. The lowest BCUT2D eigenvalue weighted by molar-refractivity contribution is 0.909. The minimum atomic E-state index is -0.0168. The monoisotopic (exact) mass is 175 g/mol. The van der Waals surface area contributed by atoms with Gasteiger partial charge >= 0.3 is 0 Å². The third-order valence-electron chi connectivity index (χ3n) is 2.47. The van der Waals surface area contributed by atoms with E-state index in [0.717, 1.165) is 11.2 Å². The summed E-state index contributed by atoms with van der Waals surface area (Å²) in [6.45, 7) is 0. The van der Waals surface area contributed by atoms with Crippen LogP contribution in [0.5, 0.6) is 0 Å². The summed E-state index contributed by atoms with van der Waals surface area (Å²) in [5, 5.41) is 2.77. The number of H-pyrrole nitrogens is 1. The lowest BCUT2D eigenvalue weighted by Crippen LogP contribution is -2.13.